The van der Waals surface area contributed by atoms with Crippen molar-refractivity contribution in [3.63, 3.8) is 0 Å². The minimum atomic E-state index is -3.84. The summed E-state index contributed by atoms with van der Waals surface area (Å²) >= 11 is 0. The summed E-state index contributed by atoms with van der Waals surface area (Å²) in [5, 5.41) is 3.10. The first-order valence-corrected chi connectivity index (χ1v) is 14.8. The van der Waals surface area contributed by atoms with Crippen molar-refractivity contribution in [1.29, 1.82) is 0 Å². The molecule has 208 valence electrons. The molecule has 3 rings (SSSR count). The predicted octanol–water partition coefficient (Wildman–Crippen LogP) is 3.38. The van der Waals surface area contributed by atoms with E-state index in [9.17, 15) is 18.0 Å². The first-order valence-electron chi connectivity index (χ1n) is 13.0. The Morgan fingerprint density at radius 2 is 1.66 bits per heavy atom. The molecule has 1 fully saturated rings. The van der Waals surface area contributed by atoms with Crippen LogP contribution in [-0.4, -0.2) is 70.8 Å². The summed E-state index contributed by atoms with van der Waals surface area (Å²) in [7, 11) is -0.898. The van der Waals surface area contributed by atoms with Crippen LogP contribution in [-0.2, 0) is 26.0 Å². The van der Waals surface area contributed by atoms with E-state index in [4.69, 9.17) is 9.47 Å². The Morgan fingerprint density at radius 1 is 1.00 bits per heavy atom. The number of sulfonamides is 1. The van der Waals surface area contributed by atoms with Gasteiger partial charge < -0.3 is 19.7 Å². The van der Waals surface area contributed by atoms with Crippen molar-refractivity contribution in [3.8, 4) is 11.5 Å². The maximum atomic E-state index is 13.7. The fourth-order valence-corrected chi connectivity index (χ4v) is 5.57. The number of amides is 2. The molecule has 38 heavy (non-hydrogen) atoms. The molecule has 1 N–H and O–H groups in total. The second kappa shape index (κ2) is 13.5. The molecule has 0 heterocycles. The van der Waals surface area contributed by atoms with Gasteiger partial charge in [-0.15, -0.1) is 0 Å². The summed E-state index contributed by atoms with van der Waals surface area (Å²) in [6.07, 6.45) is 6.75. The van der Waals surface area contributed by atoms with Crippen molar-refractivity contribution in [2.45, 2.75) is 57.5 Å². The summed E-state index contributed by atoms with van der Waals surface area (Å²) < 4.78 is 37.2. The molecule has 2 amide bonds. The Balaban J connectivity index is 1.85. The van der Waals surface area contributed by atoms with Crippen molar-refractivity contribution < 1.29 is 27.5 Å². The lowest BCUT2D eigenvalue weighted by Crippen LogP contribution is -2.53. The summed E-state index contributed by atoms with van der Waals surface area (Å²) in [5.74, 6) is 0.0866. The number of ether oxygens (including phenoxy) is 2. The number of hydrogen-bond acceptors (Lipinski definition) is 6. The number of benzene rings is 2. The van der Waals surface area contributed by atoms with Gasteiger partial charge in [0, 0.05) is 18.7 Å². The van der Waals surface area contributed by atoms with E-state index in [1.54, 1.807) is 19.1 Å². The van der Waals surface area contributed by atoms with Gasteiger partial charge in [-0.25, -0.2) is 8.42 Å². The summed E-state index contributed by atoms with van der Waals surface area (Å²) in [6, 6.07) is 13.7. The van der Waals surface area contributed by atoms with E-state index < -0.39 is 28.5 Å². The first kappa shape index (κ1) is 29.3. The highest BCUT2D eigenvalue weighted by atomic mass is 32.2. The van der Waals surface area contributed by atoms with Crippen molar-refractivity contribution in [2.75, 3.05) is 37.9 Å². The Hall–Kier alpha value is -3.27. The summed E-state index contributed by atoms with van der Waals surface area (Å²) in [4.78, 5) is 28.4. The normalized spacial score (nSPS) is 14.8. The number of nitrogens with one attached hydrogen (secondary N) is 1. The van der Waals surface area contributed by atoms with Gasteiger partial charge in [-0.2, -0.15) is 0 Å². The lowest BCUT2D eigenvalue weighted by molar-refractivity contribution is -0.139. The molecule has 1 aliphatic carbocycles. The third kappa shape index (κ3) is 7.86. The van der Waals surface area contributed by atoms with Gasteiger partial charge in [-0.05, 0) is 43.9 Å². The SMILES string of the molecule is COc1ccc(N(CC(=O)N(CCc2ccccc2)[C@@H](C)C(=O)NC2CCCCC2)S(C)(=O)=O)cc1OC. The quantitative estimate of drug-likeness (QED) is 0.439. The Bertz CT molecular complexity index is 1180. The fraction of sp³-hybridized carbons (Fsp3) is 0.500. The Kier molecular flexibility index (Phi) is 10.4. The summed E-state index contributed by atoms with van der Waals surface area (Å²) in [5.41, 5.74) is 1.28. The van der Waals surface area contributed by atoms with Crippen LogP contribution in [0.4, 0.5) is 5.69 Å². The Morgan fingerprint density at radius 3 is 2.26 bits per heavy atom. The van der Waals surface area contributed by atoms with E-state index in [-0.39, 0.29) is 24.2 Å². The zero-order valence-electron chi connectivity index (χ0n) is 22.7. The number of carbonyl (C=O) groups is 2. The molecule has 0 aromatic heterocycles. The van der Waals surface area contributed by atoms with Gasteiger partial charge >= 0.3 is 0 Å². The highest BCUT2D eigenvalue weighted by Crippen LogP contribution is 2.32. The first-order chi connectivity index (χ1) is 18.1. The van der Waals surface area contributed by atoms with Crippen molar-refractivity contribution in [1.82, 2.24) is 10.2 Å². The standard InChI is InChI=1S/C28H39N3O6S/c1-21(28(33)29-23-13-9-6-10-14-23)30(18-17-22-11-7-5-8-12-22)27(32)20-31(38(4,34)35)24-15-16-25(36-2)26(19-24)37-3/h5,7-8,11-12,15-16,19,21,23H,6,9-10,13-14,17-18,20H2,1-4H3,(H,29,33)/t21-/m0/s1. The molecule has 0 radical (unpaired) electrons. The molecule has 0 spiro atoms. The highest BCUT2D eigenvalue weighted by Gasteiger charge is 2.31. The average Bonchev–Trinajstić information content (AvgIpc) is 2.91. The summed E-state index contributed by atoms with van der Waals surface area (Å²) in [6.45, 7) is 1.51. The van der Waals surface area contributed by atoms with Gasteiger partial charge in [-0.1, -0.05) is 49.6 Å². The number of rotatable bonds is 12. The van der Waals surface area contributed by atoms with Crippen LogP contribution < -0.4 is 19.1 Å². The molecule has 0 saturated heterocycles. The van der Waals surface area contributed by atoms with Crippen LogP contribution in [0, 0.1) is 0 Å². The number of nitrogens with zero attached hydrogens (tertiary/aromatic N) is 2. The molecule has 1 aliphatic rings. The minimum Gasteiger partial charge on any atom is -0.493 e. The lowest BCUT2D eigenvalue weighted by atomic mass is 9.95. The zero-order valence-corrected chi connectivity index (χ0v) is 23.5. The molecule has 0 aliphatic heterocycles. The number of hydrogen-bond donors (Lipinski definition) is 1. The van der Waals surface area contributed by atoms with Crippen LogP contribution in [0.25, 0.3) is 0 Å². The van der Waals surface area contributed by atoms with Crippen molar-refractivity contribution >= 4 is 27.5 Å². The Labute approximate surface area is 226 Å². The third-order valence-electron chi connectivity index (χ3n) is 6.94. The van der Waals surface area contributed by atoms with Crippen LogP contribution in [0.2, 0.25) is 0 Å². The highest BCUT2D eigenvalue weighted by molar-refractivity contribution is 7.92. The molecular weight excluding hydrogens is 506 g/mol. The van der Waals surface area contributed by atoms with Crippen molar-refractivity contribution in [2.24, 2.45) is 0 Å². The van der Waals surface area contributed by atoms with Crippen LogP contribution in [0.3, 0.4) is 0 Å². The molecule has 1 atom stereocenters. The van der Waals surface area contributed by atoms with Crippen LogP contribution in [0.15, 0.2) is 48.5 Å². The van der Waals surface area contributed by atoms with Gasteiger partial charge in [0.1, 0.15) is 12.6 Å². The van der Waals surface area contributed by atoms with Gasteiger partial charge in [-0.3, -0.25) is 13.9 Å². The van der Waals surface area contributed by atoms with E-state index in [2.05, 4.69) is 5.32 Å². The van der Waals surface area contributed by atoms with Crippen molar-refractivity contribution in [3.05, 3.63) is 54.1 Å². The minimum absolute atomic E-state index is 0.101. The fourth-order valence-electron chi connectivity index (χ4n) is 4.73. The topological polar surface area (TPSA) is 105 Å². The molecule has 0 unspecified atom stereocenters. The molecule has 0 bridgehead atoms. The molecule has 9 nitrogen and oxygen atoms in total. The molecule has 2 aromatic carbocycles. The van der Waals surface area contributed by atoms with Gasteiger partial charge in [0.15, 0.2) is 11.5 Å². The smallest absolute Gasteiger partial charge is 0.244 e. The monoisotopic (exact) mass is 545 g/mol. The lowest BCUT2D eigenvalue weighted by Gasteiger charge is -2.33. The van der Waals surface area contributed by atoms with E-state index in [0.717, 1.165) is 41.8 Å². The van der Waals surface area contributed by atoms with Gasteiger partial charge in [0.05, 0.1) is 26.2 Å². The predicted molar refractivity (Wildman–Crippen MR) is 148 cm³/mol. The third-order valence-corrected chi connectivity index (χ3v) is 8.08. The largest absolute Gasteiger partial charge is 0.493 e. The molecule has 1 saturated carbocycles. The van der Waals surface area contributed by atoms with Crippen LogP contribution in [0.5, 0.6) is 11.5 Å². The molecular formula is C28H39N3O6S. The number of carbonyl (C=O) groups excluding carboxylic acids is 2. The number of anilines is 1. The second-order valence-electron chi connectivity index (χ2n) is 9.65. The van der Waals surface area contributed by atoms with Crippen LogP contribution in [0.1, 0.15) is 44.6 Å². The molecule has 2 aromatic rings. The van der Waals surface area contributed by atoms with Gasteiger partial charge in [0.2, 0.25) is 21.8 Å². The zero-order chi connectivity index (χ0) is 27.7. The van der Waals surface area contributed by atoms with Crippen LogP contribution >= 0.6 is 0 Å². The average molecular weight is 546 g/mol. The van der Waals surface area contributed by atoms with Gasteiger partial charge in [0.25, 0.3) is 0 Å². The maximum Gasteiger partial charge on any atom is 0.244 e. The second-order valence-corrected chi connectivity index (χ2v) is 11.6. The van der Waals surface area contributed by atoms with E-state index in [1.807, 2.05) is 30.3 Å². The molecule has 10 heteroatoms. The van der Waals surface area contributed by atoms with E-state index >= 15 is 0 Å². The maximum absolute atomic E-state index is 13.7. The van der Waals surface area contributed by atoms with E-state index in [1.165, 1.54) is 31.6 Å². The van der Waals surface area contributed by atoms with E-state index in [0.29, 0.717) is 17.9 Å². The number of methoxy groups -OCH3 is 2.